The maximum absolute atomic E-state index is 12.9. The smallest absolute Gasteiger partial charge is 0.256 e. The molecular formula is C24H31N3O4S. The zero-order valence-electron chi connectivity index (χ0n) is 18.8. The second-order valence-electron chi connectivity index (χ2n) is 7.45. The second kappa shape index (κ2) is 11.7. The molecule has 1 amide bonds. The molecule has 7 nitrogen and oxygen atoms in total. The summed E-state index contributed by atoms with van der Waals surface area (Å²) in [5, 5.41) is 9.81. The molecule has 3 rings (SSSR count). The predicted octanol–water partition coefficient (Wildman–Crippen LogP) is 4.51. The fourth-order valence-electron chi connectivity index (χ4n) is 3.50. The summed E-state index contributed by atoms with van der Waals surface area (Å²) in [5.74, 6) is 0.889. The number of carbonyl (C=O) groups excluding carboxylic acids is 1. The highest BCUT2D eigenvalue weighted by atomic mass is 32.1. The van der Waals surface area contributed by atoms with Crippen LogP contribution in [0.2, 0.25) is 0 Å². The van der Waals surface area contributed by atoms with E-state index in [0.29, 0.717) is 53.3 Å². The Hall–Kier alpha value is -2.84. The molecule has 32 heavy (non-hydrogen) atoms. The van der Waals surface area contributed by atoms with Crippen molar-refractivity contribution in [3.05, 3.63) is 47.5 Å². The number of hydrogen-bond acceptors (Lipinski definition) is 5. The van der Waals surface area contributed by atoms with E-state index >= 15 is 0 Å². The van der Waals surface area contributed by atoms with E-state index in [-0.39, 0.29) is 12.0 Å². The van der Waals surface area contributed by atoms with E-state index in [1.807, 2.05) is 39.0 Å². The van der Waals surface area contributed by atoms with Crippen LogP contribution in [0.15, 0.2) is 36.4 Å². The highest BCUT2D eigenvalue weighted by molar-refractivity contribution is 7.80. The van der Waals surface area contributed by atoms with Gasteiger partial charge in [0, 0.05) is 30.8 Å². The van der Waals surface area contributed by atoms with Crippen LogP contribution in [0.5, 0.6) is 11.5 Å². The fourth-order valence-corrected chi connectivity index (χ4v) is 3.69. The van der Waals surface area contributed by atoms with Crippen molar-refractivity contribution in [2.24, 2.45) is 0 Å². The van der Waals surface area contributed by atoms with Gasteiger partial charge in [0.05, 0.1) is 30.7 Å². The van der Waals surface area contributed by atoms with Gasteiger partial charge in [-0.15, -0.1) is 0 Å². The fraction of sp³-hybridized carbons (Fsp3) is 0.417. The number of carbonyl (C=O) groups is 1. The monoisotopic (exact) mass is 457 g/mol. The molecule has 0 aliphatic carbocycles. The normalized spacial score (nSPS) is 15.2. The summed E-state index contributed by atoms with van der Waals surface area (Å²) in [6.07, 6.45) is 2.29. The molecule has 0 bridgehead atoms. The van der Waals surface area contributed by atoms with Crippen LogP contribution < -0.4 is 25.4 Å². The first-order valence-electron chi connectivity index (χ1n) is 11.0. The number of thiocarbonyl (C=S) groups is 1. The highest BCUT2D eigenvalue weighted by Gasteiger charge is 2.18. The Morgan fingerprint density at radius 1 is 1.09 bits per heavy atom. The summed E-state index contributed by atoms with van der Waals surface area (Å²) in [7, 11) is 0. The largest absolute Gasteiger partial charge is 0.492 e. The minimum atomic E-state index is -0.207. The molecule has 2 aromatic carbocycles. The summed E-state index contributed by atoms with van der Waals surface area (Å²) in [6.45, 7) is 8.06. The summed E-state index contributed by atoms with van der Waals surface area (Å²) in [4.78, 5) is 12.9. The van der Waals surface area contributed by atoms with Gasteiger partial charge in [-0.1, -0.05) is 18.2 Å². The Bertz CT molecular complexity index is 945. The number of hydrogen-bond donors (Lipinski definition) is 3. The molecule has 8 heteroatoms. The van der Waals surface area contributed by atoms with Gasteiger partial charge in [0.2, 0.25) is 0 Å². The van der Waals surface area contributed by atoms with Crippen molar-refractivity contribution in [2.45, 2.75) is 39.7 Å². The molecule has 0 unspecified atom stereocenters. The molecular weight excluding hydrogens is 426 g/mol. The lowest BCUT2D eigenvalue weighted by Crippen LogP contribution is -2.34. The second-order valence-corrected chi connectivity index (χ2v) is 7.86. The lowest BCUT2D eigenvalue weighted by Gasteiger charge is -2.19. The zero-order chi connectivity index (χ0) is 22.9. The van der Waals surface area contributed by atoms with Crippen LogP contribution in [0, 0.1) is 6.92 Å². The van der Waals surface area contributed by atoms with E-state index < -0.39 is 0 Å². The molecule has 1 fully saturated rings. The van der Waals surface area contributed by atoms with Gasteiger partial charge in [-0.3, -0.25) is 4.79 Å². The standard InChI is InChI=1S/C24H31N3O4S/c1-4-29-21-14-20(27-24(32)25-15-17-10-8-12-31-17)22(30-5-2)13-19(21)26-23(28)18-11-7-6-9-16(18)3/h6-7,9,11,13-14,17H,4-5,8,10,12,15H2,1-3H3,(H,26,28)(H2,25,27,32)/t17-/m1/s1. The number of rotatable bonds is 9. The van der Waals surface area contributed by atoms with Gasteiger partial charge >= 0.3 is 0 Å². The molecule has 0 aromatic heterocycles. The third-order valence-electron chi connectivity index (χ3n) is 5.08. The van der Waals surface area contributed by atoms with Gasteiger partial charge in [0.1, 0.15) is 11.5 Å². The third kappa shape index (κ3) is 6.34. The maximum atomic E-state index is 12.9. The molecule has 1 aliphatic rings. The minimum absolute atomic E-state index is 0.180. The van der Waals surface area contributed by atoms with Gasteiger partial charge in [-0.2, -0.15) is 0 Å². The zero-order valence-corrected chi connectivity index (χ0v) is 19.6. The number of benzene rings is 2. The molecule has 0 spiro atoms. The van der Waals surface area contributed by atoms with E-state index in [1.54, 1.807) is 18.2 Å². The van der Waals surface area contributed by atoms with Crippen LogP contribution in [-0.2, 0) is 4.74 Å². The van der Waals surface area contributed by atoms with E-state index in [2.05, 4.69) is 16.0 Å². The first kappa shape index (κ1) is 23.8. The molecule has 0 radical (unpaired) electrons. The van der Waals surface area contributed by atoms with E-state index in [1.165, 1.54) is 0 Å². The molecule has 1 heterocycles. The Morgan fingerprint density at radius 2 is 1.75 bits per heavy atom. The molecule has 172 valence electrons. The maximum Gasteiger partial charge on any atom is 0.256 e. The van der Waals surface area contributed by atoms with Crippen molar-refractivity contribution in [1.29, 1.82) is 0 Å². The van der Waals surface area contributed by atoms with Crippen LogP contribution in [0.25, 0.3) is 0 Å². The molecule has 1 atom stereocenters. The van der Waals surface area contributed by atoms with Crippen molar-refractivity contribution >= 4 is 34.6 Å². The lowest BCUT2D eigenvalue weighted by atomic mass is 10.1. The van der Waals surface area contributed by atoms with Crippen molar-refractivity contribution in [2.75, 3.05) is 37.0 Å². The predicted molar refractivity (Wildman–Crippen MR) is 131 cm³/mol. The van der Waals surface area contributed by atoms with Crippen LogP contribution in [-0.4, -0.2) is 43.5 Å². The van der Waals surface area contributed by atoms with E-state index in [4.69, 9.17) is 26.4 Å². The topological polar surface area (TPSA) is 80.8 Å². The lowest BCUT2D eigenvalue weighted by molar-refractivity contribution is 0.102. The average molecular weight is 458 g/mol. The Morgan fingerprint density at radius 3 is 2.34 bits per heavy atom. The molecule has 1 aliphatic heterocycles. The van der Waals surface area contributed by atoms with Crippen molar-refractivity contribution in [3.63, 3.8) is 0 Å². The quantitative estimate of drug-likeness (QED) is 0.478. The third-order valence-corrected chi connectivity index (χ3v) is 5.33. The average Bonchev–Trinajstić information content (AvgIpc) is 3.29. The van der Waals surface area contributed by atoms with E-state index in [0.717, 1.165) is 25.0 Å². The summed E-state index contributed by atoms with van der Waals surface area (Å²) >= 11 is 5.46. The van der Waals surface area contributed by atoms with Crippen molar-refractivity contribution in [1.82, 2.24) is 5.32 Å². The molecule has 0 saturated carbocycles. The first-order valence-corrected chi connectivity index (χ1v) is 11.4. The van der Waals surface area contributed by atoms with Crippen LogP contribution in [0.3, 0.4) is 0 Å². The van der Waals surface area contributed by atoms with Crippen LogP contribution in [0.1, 0.15) is 42.6 Å². The number of amides is 1. The van der Waals surface area contributed by atoms with Crippen LogP contribution in [0.4, 0.5) is 11.4 Å². The number of aryl methyl sites for hydroxylation is 1. The van der Waals surface area contributed by atoms with Gasteiger partial charge in [0.15, 0.2) is 5.11 Å². The summed E-state index contributed by atoms with van der Waals surface area (Å²) in [5.41, 5.74) is 2.70. The summed E-state index contributed by atoms with van der Waals surface area (Å²) < 4.78 is 17.3. The van der Waals surface area contributed by atoms with Gasteiger partial charge in [-0.05, 0) is 57.5 Å². The minimum Gasteiger partial charge on any atom is -0.492 e. The number of nitrogens with one attached hydrogen (secondary N) is 3. The van der Waals surface area contributed by atoms with Crippen molar-refractivity contribution < 1.29 is 19.0 Å². The highest BCUT2D eigenvalue weighted by Crippen LogP contribution is 2.37. The Kier molecular flexibility index (Phi) is 8.70. The van der Waals surface area contributed by atoms with Gasteiger partial charge < -0.3 is 30.2 Å². The van der Waals surface area contributed by atoms with E-state index in [9.17, 15) is 4.79 Å². The molecule has 1 saturated heterocycles. The summed E-state index contributed by atoms with van der Waals surface area (Å²) in [6, 6.07) is 11.0. The van der Waals surface area contributed by atoms with Crippen molar-refractivity contribution in [3.8, 4) is 11.5 Å². The van der Waals surface area contributed by atoms with Gasteiger partial charge in [-0.25, -0.2) is 0 Å². The van der Waals surface area contributed by atoms with Gasteiger partial charge in [0.25, 0.3) is 5.91 Å². The molecule has 2 aromatic rings. The number of anilines is 2. The van der Waals surface area contributed by atoms with Crippen LogP contribution >= 0.6 is 12.2 Å². The Labute approximate surface area is 194 Å². The number of ether oxygens (including phenoxy) is 3. The SMILES string of the molecule is CCOc1cc(NC(=S)NC[C@H]2CCCO2)c(OCC)cc1NC(=O)c1ccccc1C. The Balaban J connectivity index is 1.80. The molecule has 3 N–H and O–H groups in total. The first-order chi connectivity index (χ1) is 15.5.